The van der Waals surface area contributed by atoms with Crippen molar-refractivity contribution in [1.29, 1.82) is 0 Å². The summed E-state index contributed by atoms with van der Waals surface area (Å²) in [7, 11) is 1.82. The number of aliphatic imine (C=N–C) groups is 1. The molecule has 0 aromatic carbocycles. The lowest BCUT2D eigenvalue weighted by Crippen LogP contribution is -2.46. The molecule has 0 saturated carbocycles. The van der Waals surface area contributed by atoms with Crippen molar-refractivity contribution in [2.45, 2.75) is 60.0 Å². The number of aromatic nitrogens is 1. The number of hydrogen-bond acceptors (Lipinski definition) is 4. The fourth-order valence-electron chi connectivity index (χ4n) is 3.34. The van der Waals surface area contributed by atoms with Crippen LogP contribution in [0.4, 0.5) is 5.82 Å². The highest BCUT2D eigenvalue weighted by Gasteiger charge is 2.16. The van der Waals surface area contributed by atoms with E-state index in [1.54, 1.807) is 0 Å². The first-order valence-electron chi connectivity index (χ1n) is 10.7. The quantitative estimate of drug-likeness (QED) is 0.329. The molecule has 1 fully saturated rings. The van der Waals surface area contributed by atoms with Crippen molar-refractivity contribution in [2.75, 3.05) is 44.7 Å². The van der Waals surface area contributed by atoms with Crippen molar-refractivity contribution in [3.8, 4) is 0 Å². The van der Waals surface area contributed by atoms with Gasteiger partial charge in [0.25, 0.3) is 0 Å². The highest BCUT2D eigenvalue weighted by Crippen LogP contribution is 2.21. The molecular formula is C22H41IN6. The van der Waals surface area contributed by atoms with Crippen molar-refractivity contribution in [2.24, 2.45) is 10.4 Å². The first-order valence-corrected chi connectivity index (χ1v) is 10.7. The number of rotatable bonds is 7. The van der Waals surface area contributed by atoms with E-state index < -0.39 is 0 Å². The third-order valence-electron chi connectivity index (χ3n) is 5.35. The van der Waals surface area contributed by atoms with Gasteiger partial charge in [-0.3, -0.25) is 4.99 Å². The molecule has 0 amide bonds. The zero-order valence-corrected chi connectivity index (χ0v) is 21.5. The van der Waals surface area contributed by atoms with E-state index >= 15 is 0 Å². The Kier molecular flexibility index (Phi) is 11.2. The van der Waals surface area contributed by atoms with E-state index in [0.29, 0.717) is 11.5 Å². The predicted molar refractivity (Wildman–Crippen MR) is 135 cm³/mol. The SMILES string of the molecule is CCN1CCN(c2ccc(CNC(=NC)NC(C)CCC(C)(C)C)cn2)CC1.I. The first kappa shape index (κ1) is 25.9. The van der Waals surface area contributed by atoms with E-state index in [4.69, 9.17) is 0 Å². The Morgan fingerprint density at radius 1 is 1.21 bits per heavy atom. The summed E-state index contributed by atoms with van der Waals surface area (Å²) in [5, 5.41) is 6.89. The Morgan fingerprint density at radius 2 is 1.90 bits per heavy atom. The van der Waals surface area contributed by atoms with Crippen LogP contribution in [0, 0.1) is 5.41 Å². The van der Waals surface area contributed by atoms with Crippen LogP contribution in [0.1, 0.15) is 53.0 Å². The van der Waals surface area contributed by atoms with Gasteiger partial charge in [-0.2, -0.15) is 0 Å². The molecule has 0 bridgehead atoms. The molecule has 1 unspecified atom stereocenters. The van der Waals surface area contributed by atoms with Gasteiger partial charge in [-0.05, 0) is 43.4 Å². The van der Waals surface area contributed by atoms with Crippen LogP contribution in [0.25, 0.3) is 0 Å². The zero-order chi connectivity index (χ0) is 20.6. The minimum absolute atomic E-state index is 0. The number of guanidine groups is 1. The first-order chi connectivity index (χ1) is 13.3. The molecule has 0 radical (unpaired) electrons. The van der Waals surface area contributed by atoms with Crippen molar-refractivity contribution in [3.05, 3.63) is 23.9 Å². The molecule has 1 saturated heterocycles. The number of piperazine rings is 1. The van der Waals surface area contributed by atoms with Crippen LogP contribution in [0.3, 0.4) is 0 Å². The average Bonchev–Trinajstić information content (AvgIpc) is 2.69. The number of nitrogens with one attached hydrogen (secondary N) is 2. The summed E-state index contributed by atoms with van der Waals surface area (Å²) in [5.41, 5.74) is 1.53. The second-order valence-corrected chi connectivity index (χ2v) is 9.02. The zero-order valence-electron chi connectivity index (χ0n) is 19.2. The molecule has 2 N–H and O–H groups in total. The van der Waals surface area contributed by atoms with Crippen LogP contribution in [0.2, 0.25) is 0 Å². The Morgan fingerprint density at radius 3 is 2.41 bits per heavy atom. The van der Waals surface area contributed by atoms with Gasteiger partial charge >= 0.3 is 0 Å². The van der Waals surface area contributed by atoms with E-state index in [2.05, 4.69) is 77.2 Å². The Hall–Kier alpha value is -1.09. The van der Waals surface area contributed by atoms with Gasteiger partial charge in [0.2, 0.25) is 0 Å². The summed E-state index contributed by atoms with van der Waals surface area (Å²) in [4.78, 5) is 13.9. The molecule has 0 spiro atoms. The van der Waals surface area contributed by atoms with Gasteiger partial charge in [0, 0.05) is 52.0 Å². The Bertz CT molecular complexity index is 603. The third kappa shape index (κ3) is 9.51. The molecule has 166 valence electrons. The minimum Gasteiger partial charge on any atom is -0.354 e. The van der Waals surface area contributed by atoms with E-state index in [1.807, 2.05) is 13.2 Å². The summed E-state index contributed by atoms with van der Waals surface area (Å²) >= 11 is 0. The molecule has 1 aliphatic rings. The molecule has 29 heavy (non-hydrogen) atoms. The highest BCUT2D eigenvalue weighted by atomic mass is 127. The van der Waals surface area contributed by atoms with Crippen molar-refractivity contribution in [3.63, 3.8) is 0 Å². The van der Waals surface area contributed by atoms with Gasteiger partial charge < -0.3 is 20.4 Å². The number of nitrogens with zero attached hydrogens (tertiary/aromatic N) is 4. The predicted octanol–water partition coefficient (Wildman–Crippen LogP) is 3.72. The molecule has 2 heterocycles. The van der Waals surface area contributed by atoms with Gasteiger partial charge in [-0.15, -0.1) is 24.0 Å². The molecule has 6 nitrogen and oxygen atoms in total. The topological polar surface area (TPSA) is 55.8 Å². The molecule has 1 aromatic rings. The smallest absolute Gasteiger partial charge is 0.191 e. The minimum atomic E-state index is 0. The van der Waals surface area contributed by atoms with Crippen LogP contribution in [-0.4, -0.2) is 61.7 Å². The van der Waals surface area contributed by atoms with Gasteiger partial charge in [0.15, 0.2) is 5.96 Å². The number of halogens is 1. The summed E-state index contributed by atoms with van der Waals surface area (Å²) < 4.78 is 0. The Balaban J connectivity index is 0.00000420. The molecule has 0 aliphatic carbocycles. The fraction of sp³-hybridized carbons (Fsp3) is 0.727. The van der Waals surface area contributed by atoms with Gasteiger partial charge in [-0.25, -0.2) is 4.98 Å². The maximum absolute atomic E-state index is 4.68. The van der Waals surface area contributed by atoms with E-state index in [1.165, 1.54) is 12.0 Å². The fourth-order valence-corrected chi connectivity index (χ4v) is 3.34. The maximum atomic E-state index is 4.68. The highest BCUT2D eigenvalue weighted by molar-refractivity contribution is 14.0. The molecular weight excluding hydrogens is 475 g/mol. The molecule has 1 atom stereocenters. The summed E-state index contributed by atoms with van der Waals surface area (Å²) in [6.45, 7) is 17.5. The second-order valence-electron chi connectivity index (χ2n) is 9.02. The normalized spacial score (nSPS) is 16.9. The summed E-state index contributed by atoms with van der Waals surface area (Å²) in [5.74, 6) is 1.93. The van der Waals surface area contributed by atoms with Gasteiger partial charge in [0.1, 0.15) is 5.82 Å². The third-order valence-corrected chi connectivity index (χ3v) is 5.35. The molecule has 2 rings (SSSR count). The lowest BCUT2D eigenvalue weighted by atomic mass is 9.89. The lowest BCUT2D eigenvalue weighted by molar-refractivity contribution is 0.270. The van der Waals surface area contributed by atoms with Crippen molar-refractivity contribution in [1.82, 2.24) is 20.5 Å². The number of likely N-dealkylation sites (N-methyl/N-ethyl adjacent to an activating group) is 1. The number of pyridine rings is 1. The monoisotopic (exact) mass is 516 g/mol. The second kappa shape index (κ2) is 12.6. The molecule has 1 aromatic heterocycles. The van der Waals surface area contributed by atoms with Crippen molar-refractivity contribution < 1.29 is 0 Å². The number of anilines is 1. The maximum Gasteiger partial charge on any atom is 0.191 e. The lowest BCUT2D eigenvalue weighted by Gasteiger charge is -2.34. The van der Waals surface area contributed by atoms with Crippen LogP contribution in [0.15, 0.2) is 23.3 Å². The molecule has 7 heteroatoms. The largest absolute Gasteiger partial charge is 0.354 e. The van der Waals surface area contributed by atoms with Crippen LogP contribution >= 0.6 is 24.0 Å². The average molecular weight is 517 g/mol. The number of hydrogen-bond donors (Lipinski definition) is 2. The van der Waals surface area contributed by atoms with E-state index in [-0.39, 0.29) is 24.0 Å². The molecule has 1 aliphatic heterocycles. The van der Waals surface area contributed by atoms with E-state index in [0.717, 1.165) is 57.5 Å². The van der Waals surface area contributed by atoms with Crippen molar-refractivity contribution >= 4 is 35.8 Å². The van der Waals surface area contributed by atoms with Gasteiger partial charge in [-0.1, -0.05) is 33.8 Å². The summed E-state index contributed by atoms with van der Waals surface area (Å²) in [6.07, 6.45) is 4.30. The summed E-state index contributed by atoms with van der Waals surface area (Å²) in [6, 6.07) is 4.70. The van der Waals surface area contributed by atoms with Crippen LogP contribution < -0.4 is 15.5 Å². The van der Waals surface area contributed by atoms with Crippen LogP contribution in [0.5, 0.6) is 0 Å². The Labute approximate surface area is 195 Å². The van der Waals surface area contributed by atoms with E-state index in [9.17, 15) is 0 Å². The van der Waals surface area contributed by atoms with Crippen LogP contribution in [-0.2, 0) is 6.54 Å². The standard InChI is InChI=1S/C22H40N6.HI/c1-7-27-12-14-28(15-13-27)20-9-8-19(16-24-20)17-25-21(23-6)26-18(2)10-11-22(3,4)5;/h8-9,16,18H,7,10-15,17H2,1-6H3,(H2,23,25,26);1H. The van der Waals surface area contributed by atoms with Gasteiger partial charge in [0.05, 0.1) is 0 Å².